The molecule has 0 radical (unpaired) electrons. The van der Waals surface area contributed by atoms with E-state index in [1.807, 2.05) is 72.8 Å². The van der Waals surface area contributed by atoms with E-state index in [4.69, 9.17) is 12.2 Å². The summed E-state index contributed by atoms with van der Waals surface area (Å²) in [6, 6.07) is 19.7. The lowest BCUT2D eigenvalue weighted by Crippen LogP contribution is -2.34. The maximum Gasteiger partial charge on any atom is 0.266 e. The van der Waals surface area contributed by atoms with E-state index in [1.54, 1.807) is 18.0 Å². The van der Waals surface area contributed by atoms with Gasteiger partial charge in [-0.25, -0.2) is 0 Å². The molecule has 2 amide bonds. The Bertz CT molecular complexity index is 940. The molecule has 0 aromatic heterocycles. The maximum absolute atomic E-state index is 12.6. The second-order valence-corrected chi connectivity index (χ2v) is 8.29. The summed E-state index contributed by atoms with van der Waals surface area (Å²) in [4.78, 5) is 28.8. The number of thiocarbonyl (C=S) groups is 1. The van der Waals surface area contributed by atoms with E-state index in [-0.39, 0.29) is 18.2 Å². The first-order valence-corrected chi connectivity index (χ1v) is 10.5. The van der Waals surface area contributed by atoms with Gasteiger partial charge in [0, 0.05) is 26.6 Å². The summed E-state index contributed by atoms with van der Waals surface area (Å²) in [5.41, 5.74) is 2.13. The van der Waals surface area contributed by atoms with Gasteiger partial charge in [0.05, 0.1) is 4.91 Å². The maximum atomic E-state index is 12.6. The van der Waals surface area contributed by atoms with E-state index in [2.05, 4.69) is 0 Å². The Hall–Kier alpha value is -2.70. The van der Waals surface area contributed by atoms with Crippen LogP contribution in [0.1, 0.15) is 17.5 Å². The van der Waals surface area contributed by atoms with Crippen LogP contribution in [0.5, 0.6) is 0 Å². The van der Waals surface area contributed by atoms with E-state index < -0.39 is 0 Å². The van der Waals surface area contributed by atoms with Gasteiger partial charge in [-0.05, 0) is 17.2 Å². The Morgan fingerprint density at radius 1 is 1.10 bits per heavy atom. The van der Waals surface area contributed by atoms with Crippen molar-refractivity contribution in [3.8, 4) is 0 Å². The van der Waals surface area contributed by atoms with Crippen LogP contribution >= 0.6 is 24.0 Å². The van der Waals surface area contributed by atoms with Gasteiger partial charge < -0.3 is 4.90 Å². The Balaban J connectivity index is 1.54. The Morgan fingerprint density at radius 3 is 2.45 bits per heavy atom. The number of thioether (sulfide) groups is 1. The normalized spacial score (nSPS) is 15.5. The van der Waals surface area contributed by atoms with Crippen LogP contribution in [0.3, 0.4) is 0 Å². The fourth-order valence-electron chi connectivity index (χ4n) is 2.86. The number of hydrogen-bond donors (Lipinski definition) is 0. The molecule has 6 heteroatoms. The minimum Gasteiger partial charge on any atom is -0.341 e. The zero-order valence-electron chi connectivity index (χ0n) is 16.2. The highest BCUT2D eigenvalue weighted by Crippen LogP contribution is 2.31. The Labute approximate surface area is 180 Å². The van der Waals surface area contributed by atoms with Crippen molar-refractivity contribution in [1.29, 1.82) is 0 Å². The van der Waals surface area contributed by atoms with Gasteiger partial charge in [-0.2, -0.15) is 0 Å². The van der Waals surface area contributed by atoms with Crippen LogP contribution in [0.25, 0.3) is 6.08 Å². The van der Waals surface area contributed by atoms with Gasteiger partial charge in [0.15, 0.2) is 0 Å². The summed E-state index contributed by atoms with van der Waals surface area (Å²) in [5.74, 6) is -0.160. The number of carbonyl (C=O) groups excluding carboxylic acids is 2. The molecule has 1 fully saturated rings. The van der Waals surface area contributed by atoms with Crippen molar-refractivity contribution in [1.82, 2.24) is 9.80 Å². The molecule has 1 aliphatic rings. The molecule has 4 nitrogen and oxygen atoms in total. The van der Waals surface area contributed by atoms with Crippen molar-refractivity contribution in [3.63, 3.8) is 0 Å². The first-order valence-electron chi connectivity index (χ1n) is 9.29. The van der Waals surface area contributed by atoms with Gasteiger partial charge in [-0.15, -0.1) is 0 Å². The molecule has 2 aromatic carbocycles. The fourth-order valence-corrected chi connectivity index (χ4v) is 4.12. The average Bonchev–Trinajstić information content (AvgIpc) is 3.00. The monoisotopic (exact) mass is 422 g/mol. The van der Waals surface area contributed by atoms with Crippen LogP contribution in [-0.2, 0) is 16.1 Å². The SMILES string of the molecule is CN(Cc1ccccc1)C(=O)CCN1C(=O)/C(=C/C=C/c2ccccc2)SC1=S. The Kier molecular flexibility index (Phi) is 7.38. The summed E-state index contributed by atoms with van der Waals surface area (Å²) >= 11 is 6.61. The lowest BCUT2D eigenvalue weighted by Gasteiger charge is -2.19. The third-order valence-corrected chi connectivity index (χ3v) is 5.84. The quantitative estimate of drug-likeness (QED) is 0.487. The molecule has 148 valence electrons. The van der Waals surface area contributed by atoms with E-state index in [0.717, 1.165) is 11.1 Å². The number of benzene rings is 2. The first-order chi connectivity index (χ1) is 14.0. The van der Waals surface area contributed by atoms with Gasteiger partial charge in [0.25, 0.3) is 5.91 Å². The number of carbonyl (C=O) groups is 2. The highest BCUT2D eigenvalue weighted by atomic mass is 32.2. The van der Waals surface area contributed by atoms with E-state index in [9.17, 15) is 9.59 Å². The molecule has 2 aromatic rings. The summed E-state index contributed by atoms with van der Waals surface area (Å²) in [6.07, 6.45) is 5.80. The summed E-state index contributed by atoms with van der Waals surface area (Å²) in [7, 11) is 1.77. The smallest absolute Gasteiger partial charge is 0.266 e. The second-order valence-electron chi connectivity index (χ2n) is 6.61. The molecule has 0 unspecified atom stereocenters. The zero-order valence-corrected chi connectivity index (χ0v) is 17.8. The number of hydrogen-bond acceptors (Lipinski definition) is 4. The fraction of sp³-hybridized carbons (Fsp3) is 0.174. The van der Waals surface area contributed by atoms with E-state index >= 15 is 0 Å². The highest BCUT2D eigenvalue weighted by molar-refractivity contribution is 8.26. The molecule has 0 aliphatic carbocycles. The predicted molar refractivity (Wildman–Crippen MR) is 123 cm³/mol. The van der Waals surface area contributed by atoms with Crippen LogP contribution in [0.4, 0.5) is 0 Å². The molecule has 0 atom stereocenters. The summed E-state index contributed by atoms with van der Waals surface area (Å²) in [6.45, 7) is 0.838. The first kappa shape index (κ1) is 21.0. The molecule has 29 heavy (non-hydrogen) atoms. The number of allylic oxidation sites excluding steroid dienone is 2. The van der Waals surface area contributed by atoms with Crippen molar-refractivity contribution in [2.75, 3.05) is 13.6 Å². The molecular formula is C23H22N2O2S2. The van der Waals surface area contributed by atoms with Crippen LogP contribution in [0.2, 0.25) is 0 Å². The van der Waals surface area contributed by atoms with Crippen LogP contribution in [0, 0.1) is 0 Å². The van der Waals surface area contributed by atoms with Crippen LogP contribution in [0.15, 0.2) is 77.7 Å². The van der Waals surface area contributed by atoms with Crippen molar-refractivity contribution in [3.05, 3.63) is 88.8 Å². The average molecular weight is 423 g/mol. The highest BCUT2D eigenvalue weighted by Gasteiger charge is 2.31. The van der Waals surface area contributed by atoms with Crippen molar-refractivity contribution >= 4 is 46.2 Å². The minimum absolute atomic E-state index is 0.0177. The van der Waals surface area contributed by atoms with E-state index in [0.29, 0.717) is 22.3 Å². The Morgan fingerprint density at radius 2 is 1.76 bits per heavy atom. The summed E-state index contributed by atoms with van der Waals surface area (Å²) in [5, 5.41) is 0. The largest absolute Gasteiger partial charge is 0.341 e. The van der Waals surface area contributed by atoms with E-state index in [1.165, 1.54) is 16.7 Å². The third-order valence-electron chi connectivity index (χ3n) is 4.45. The second kappa shape index (κ2) is 10.2. The number of amides is 2. The number of nitrogens with zero attached hydrogens (tertiary/aromatic N) is 2. The van der Waals surface area contributed by atoms with Crippen molar-refractivity contribution in [2.24, 2.45) is 0 Å². The minimum atomic E-state index is -0.142. The zero-order chi connectivity index (χ0) is 20.6. The molecule has 0 spiro atoms. The number of rotatable bonds is 7. The molecule has 1 aliphatic heterocycles. The lowest BCUT2D eigenvalue weighted by atomic mass is 10.2. The summed E-state index contributed by atoms with van der Waals surface area (Å²) < 4.78 is 0.493. The molecule has 0 saturated carbocycles. The van der Waals surface area contributed by atoms with Crippen LogP contribution < -0.4 is 0 Å². The molecule has 1 saturated heterocycles. The van der Waals surface area contributed by atoms with Gasteiger partial charge in [0.2, 0.25) is 5.91 Å². The van der Waals surface area contributed by atoms with Crippen molar-refractivity contribution < 1.29 is 9.59 Å². The topological polar surface area (TPSA) is 40.6 Å². The molecule has 0 bridgehead atoms. The predicted octanol–water partition coefficient (Wildman–Crippen LogP) is 4.49. The molecular weight excluding hydrogens is 400 g/mol. The van der Waals surface area contributed by atoms with Crippen LogP contribution in [-0.4, -0.2) is 39.5 Å². The molecule has 3 rings (SSSR count). The standard InChI is InChI=1S/C23H22N2O2S2/c1-24(17-19-11-6-3-7-12-19)21(26)15-16-25-22(27)20(29-23(25)28)14-8-13-18-9-4-2-5-10-18/h2-14H,15-17H2,1H3/b13-8+,20-14-. The van der Waals surface area contributed by atoms with Gasteiger partial charge >= 0.3 is 0 Å². The lowest BCUT2D eigenvalue weighted by molar-refractivity contribution is -0.131. The molecule has 0 N–H and O–H groups in total. The van der Waals surface area contributed by atoms with Gasteiger partial charge in [-0.3, -0.25) is 14.5 Å². The van der Waals surface area contributed by atoms with Gasteiger partial charge in [0.1, 0.15) is 4.32 Å². The van der Waals surface area contributed by atoms with Gasteiger partial charge in [-0.1, -0.05) is 96.8 Å². The third kappa shape index (κ3) is 5.89. The van der Waals surface area contributed by atoms with Crippen molar-refractivity contribution in [2.45, 2.75) is 13.0 Å². The molecule has 1 heterocycles.